The lowest BCUT2D eigenvalue weighted by molar-refractivity contribution is 0.0599. The van der Waals surface area contributed by atoms with E-state index in [0.29, 0.717) is 0 Å². The lowest BCUT2D eigenvalue weighted by Gasteiger charge is -2.11. The van der Waals surface area contributed by atoms with Crippen LogP contribution in [0.3, 0.4) is 0 Å². The molecule has 0 aliphatic rings. The molecule has 0 bridgehead atoms. The van der Waals surface area contributed by atoms with E-state index in [1.165, 1.54) is 6.92 Å². The Kier molecular flexibility index (Phi) is 3.07. The minimum atomic E-state index is -1.50. The molecule has 0 saturated heterocycles. The second-order valence-electron chi connectivity index (χ2n) is 2.66. The molecule has 0 heterocycles. The molecule has 2 nitrogen and oxygen atoms in total. The molecule has 1 aromatic rings. The molecule has 0 aliphatic heterocycles. The summed E-state index contributed by atoms with van der Waals surface area (Å²) in [6.45, 7) is 1.17. The second-order valence-corrected chi connectivity index (χ2v) is 2.66. The first-order valence-electron chi connectivity index (χ1n) is 3.67. The van der Waals surface area contributed by atoms with Crippen LogP contribution in [0.15, 0.2) is 6.07 Å². The van der Waals surface area contributed by atoms with Gasteiger partial charge < -0.3 is 0 Å². The molecule has 6 heteroatoms. The fourth-order valence-corrected chi connectivity index (χ4v) is 1.02. The van der Waals surface area contributed by atoms with Gasteiger partial charge in [0.25, 0.3) is 0 Å². The molecule has 0 spiro atoms. The maximum Gasteiger partial charge on any atom is 0.167 e. The summed E-state index contributed by atoms with van der Waals surface area (Å²) >= 11 is 0. The van der Waals surface area contributed by atoms with Crippen LogP contribution in [0.2, 0.25) is 0 Å². The molecule has 1 unspecified atom stereocenters. The Balaban J connectivity index is 3.39. The molecular weight excluding hydrogens is 202 g/mol. The van der Waals surface area contributed by atoms with E-state index in [4.69, 9.17) is 0 Å². The molecule has 78 valence electrons. The van der Waals surface area contributed by atoms with Crippen molar-refractivity contribution >= 4 is 0 Å². The minimum absolute atomic E-state index is 0.122. The lowest BCUT2D eigenvalue weighted by atomic mass is 10.1. The van der Waals surface area contributed by atoms with Crippen molar-refractivity contribution in [2.45, 2.75) is 13.0 Å². The van der Waals surface area contributed by atoms with Crippen molar-refractivity contribution in [2.75, 3.05) is 0 Å². The summed E-state index contributed by atoms with van der Waals surface area (Å²) in [6.07, 6.45) is -1.26. The first kappa shape index (κ1) is 10.9. The van der Waals surface area contributed by atoms with E-state index < -0.39 is 34.9 Å². The van der Waals surface area contributed by atoms with Gasteiger partial charge in [-0.25, -0.2) is 23.5 Å². The highest BCUT2D eigenvalue weighted by Gasteiger charge is 2.23. The van der Waals surface area contributed by atoms with Crippen LogP contribution < -0.4 is 5.90 Å². The smallest absolute Gasteiger partial charge is 0.167 e. The Morgan fingerprint density at radius 3 is 1.93 bits per heavy atom. The standard InChI is InChI=1S/C8H7F4NO/c1-3(14-13)6-7(11)4(9)2-5(10)8(6)12/h2-3H,13H2,1H3. The van der Waals surface area contributed by atoms with Crippen LogP contribution in [-0.2, 0) is 4.84 Å². The quantitative estimate of drug-likeness (QED) is 0.460. The molecule has 0 fully saturated rings. The van der Waals surface area contributed by atoms with Gasteiger partial charge >= 0.3 is 0 Å². The molecule has 2 N–H and O–H groups in total. The second kappa shape index (κ2) is 3.93. The molecule has 0 aromatic heterocycles. The molecule has 0 amide bonds. The predicted molar refractivity (Wildman–Crippen MR) is 40.0 cm³/mol. The number of hydrogen-bond acceptors (Lipinski definition) is 2. The number of benzene rings is 1. The number of hydrogen-bond donors (Lipinski definition) is 1. The number of nitrogens with two attached hydrogens (primary N) is 1. The molecule has 1 rings (SSSR count). The fraction of sp³-hybridized carbons (Fsp3) is 0.250. The van der Waals surface area contributed by atoms with Crippen molar-refractivity contribution in [3.63, 3.8) is 0 Å². The van der Waals surface area contributed by atoms with Gasteiger partial charge in [0.1, 0.15) is 6.10 Å². The van der Waals surface area contributed by atoms with Crippen LogP contribution in [-0.4, -0.2) is 0 Å². The van der Waals surface area contributed by atoms with Crippen molar-refractivity contribution in [1.29, 1.82) is 0 Å². The van der Waals surface area contributed by atoms with Crippen LogP contribution in [0.5, 0.6) is 0 Å². The normalized spacial score (nSPS) is 13.0. The van der Waals surface area contributed by atoms with Crippen molar-refractivity contribution in [2.24, 2.45) is 5.90 Å². The maximum absolute atomic E-state index is 13.0. The van der Waals surface area contributed by atoms with Gasteiger partial charge in [-0.3, -0.25) is 4.84 Å². The number of halogens is 4. The Morgan fingerprint density at radius 1 is 1.14 bits per heavy atom. The first-order chi connectivity index (χ1) is 6.49. The van der Waals surface area contributed by atoms with E-state index in [2.05, 4.69) is 10.7 Å². The SMILES string of the molecule is CC(ON)c1c(F)c(F)cc(F)c1F. The van der Waals surface area contributed by atoms with Gasteiger partial charge in [-0.2, -0.15) is 0 Å². The Hall–Kier alpha value is -1.14. The van der Waals surface area contributed by atoms with Gasteiger partial charge in [0.15, 0.2) is 23.3 Å². The highest BCUT2D eigenvalue weighted by Crippen LogP contribution is 2.26. The summed E-state index contributed by atoms with van der Waals surface area (Å²) < 4.78 is 51.2. The van der Waals surface area contributed by atoms with E-state index in [9.17, 15) is 17.6 Å². The molecule has 0 aliphatic carbocycles. The van der Waals surface area contributed by atoms with E-state index >= 15 is 0 Å². The molecular formula is C8H7F4NO. The Labute approximate surface area is 77.2 Å². The van der Waals surface area contributed by atoms with Gasteiger partial charge in [-0.1, -0.05) is 0 Å². The van der Waals surface area contributed by atoms with Gasteiger partial charge in [0, 0.05) is 6.07 Å². The fourth-order valence-electron chi connectivity index (χ4n) is 1.02. The molecule has 14 heavy (non-hydrogen) atoms. The Morgan fingerprint density at radius 2 is 1.57 bits per heavy atom. The van der Waals surface area contributed by atoms with Crippen LogP contribution in [0.25, 0.3) is 0 Å². The van der Waals surface area contributed by atoms with E-state index in [1.54, 1.807) is 0 Å². The monoisotopic (exact) mass is 209 g/mol. The highest BCUT2D eigenvalue weighted by atomic mass is 19.2. The summed E-state index contributed by atoms with van der Waals surface area (Å²) in [6, 6.07) is 0.122. The van der Waals surface area contributed by atoms with Gasteiger partial charge in [0.05, 0.1) is 5.56 Å². The zero-order chi connectivity index (χ0) is 10.9. The van der Waals surface area contributed by atoms with Crippen molar-refractivity contribution in [3.05, 3.63) is 34.9 Å². The topological polar surface area (TPSA) is 35.2 Å². The highest BCUT2D eigenvalue weighted by molar-refractivity contribution is 5.24. The van der Waals surface area contributed by atoms with Crippen molar-refractivity contribution in [1.82, 2.24) is 0 Å². The zero-order valence-corrected chi connectivity index (χ0v) is 7.15. The average molecular weight is 209 g/mol. The van der Waals surface area contributed by atoms with E-state index in [-0.39, 0.29) is 6.07 Å². The summed E-state index contributed by atoms with van der Waals surface area (Å²) in [5, 5.41) is 0. The third kappa shape index (κ3) is 1.71. The summed E-state index contributed by atoms with van der Waals surface area (Å²) in [5.74, 6) is -1.30. The van der Waals surface area contributed by atoms with E-state index in [0.717, 1.165) is 0 Å². The third-order valence-electron chi connectivity index (χ3n) is 1.76. The molecule has 1 aromatic carbocycles. The Bertz CT molecular complexity index is 329. The average Bonchev–Trinajstić information content (AvgIpc) is 2.15. The summed E-state index contributed by atoms with van der Waals surface area (Å²) in [4.78, 5) is 4.09. The van der Waals surface area contributed by atoms with Crippen LogP contribution in [0, 0.1) is 23.3 Å². The summed E-state index contributed by atoms with van der Waals surface area (Å²) in [5.41, 5.74) is -0.856. The largest absolute Gasteiger partial charge is 0.297 e. The number of rotatable bonds is 2. The predicted octanol–water partition coefficient (Wildman–Crippen LogP) is 2.19. The van der Waals surface area contributed by atoms with Crippen molar-refractivity contribution in [3.8, 4) is 0 Å². The van der Waals surface area contributed by atoms with Crippen molar-refractivity contribution < 1.29 is 22.4 Å². The van der Waals surface area contributed by atoms with E-state index in [1.807, 2.05) is 0 Å². The zero-order valence-electron chi connectivity index (χ0n) is 7.15. The van der Waals surface area contributed by atoms with Crippen LogP contribution in [0.4, 0.5) is 17.6 Å². The van der Waals surface area contributed by atoms with Crippen LogP contribution >= 0.6 is 0 Å². The van der Waals surface area contributed by atoms with Gasteiger partial charge in [-0.15, -0.1) is 0 Å². The lowest BCUT2D eigenvalue weighted by Crippen LogP contribution is -2.12. The molecule has 0 saturated carbocycles. The maximum atomic E-state index is 13.0. The molecule has 1 atom stereocenters. The summed E-state index contributed by atoms with van der Waals surface area (Å²) in [7, 11) is 0. The first-order valence-corrected chi connectivity index (χ1v) is 3.67. The van der Waals surface area contributed by atoms with Gasteiger partial charge in [0.2, 0.25) is 0 Å². The molecule has 0 radical (unpaired) electrons. The minimum Gasteiger partial charge on any atom is -0.297 e. The third-order valence-corrected chi connectivity index (χ3v) is 1.76. The van der Waals surface area contributed by atoms with Crippen LogP contribution in [0.1, 0.15) is 18.6 Å². The van der Waals surface area contributed by atoms with Gasteiger partial charge in [-0.05, 0) is 6.92 Å².